The molecule has 1 aliphatic rings. The number of carbonyl (C=O) groups is 2. The first-order valence-corrected chi connectivity index (χ1v) is 12.5. The molecule has 2 atom stereocenters. The average molecular weight is 547 g/mol. The van der Waals surface area contributed by atoms with Crippen molar-refractivity contribution in [2.75, 3.05) is 49.8 Å². The monoisotopic (exact) mass is 546 g/mol. The molecule has 1 aliphatic carbocycles. The zero-order valence-electron chi connectivity index (χ0n) is 24.1. The molecule has 0 radical (unpaired) electrons. The first-order chi connectivity index (χ1) is 18.6. The van der Waals surface area contributed by atoms with Crippen LogP contribution in [0.5, 0.6) is 34.5 Å². The second-order valence-corrected chi connectivity index (χ2v) is 9.50. The Morgan fingerprint density at radius 2 is 1.18 bits per heavy atom. The van der Waals surface area contributed by atoms with Crippen LogP contribution in [0.15, 0.2) is 12.1 Å². The van der Waals surface area contributed by atoms with E-state index in [-0.39, 0.29) is 18.8 Å². The van der Waals surface area contributed by atoms with Crippen LogP contribution in [0.2, 0.25) is 0 Å². The molecule has 0 N–H and O–H groups in total. The molecule has 0 bridgehead atoms. The number of hydrogen-bond acceptors (Lipinski definition) is 10. The number of hydrogen-bond donors (Lipinski definition) is 0. The van der Waals surface area contributed by atoms with Crippen LogP contribution in [0, 0.1) is 5.92 Å². The molecule has 0 heterocycles. The summed E-state index contributed by atoms with van der Waals surface area (Å²) in [5.41, 5.74) is 2.16. The molecule has 214 valence electrons. The number of carbonyl (C=O) groups excluding carboxylic acids is 2. The average Bonchev–Trinajstić information content (AvgIpc) is 2.93. The van der Waals surface area contributed by atoms with Crippen LogP contribution in [0.3, 0.4) is 0 Å². The van der Waals surface area contributed by atoms with E-state index in [4.69, 9.17) is 33.2 Å². The van der Waals surface area contributed by atoms with Gasteiger partial charge in [0.2, 0.25) is 11.5 Å². The molecule has 0 aromatic heterocycles. The van der Waals surface area contributed by atoms with Crippen molar-refractivity contribution < 1.29 is 47.5 Å². The van der Waals surface area contributed by atoms with E-state index < -0.39 is 17.5 Å². The molecule has 0 saturated carbocycles. The molecule has 0 saturated heterocycles. The lowest BCUT2D eigenvalue weighted by Crippen LogP contribution is -2.42. The molecule has 0 aliphatic heterocycles. The van der Waals surface area contributed by atoms with Gasteiger partial charge in [-0.05, 0) is 36.6 Å². The standard InChI is InChI=1S/C29H38O10/c1-16-12-17-13-19(32-3)25(35-6)27(37-8)23(17)24-18(14-20(33-4)26(36-7)28(24)38-9)15-29(16,2)39-22(31)11-10-21(30)34-5/h13-14,16H,10-12,15H2,1-9H3/t16-,29-/m0/s1. The number of rotatable bonds is 10. The molecule has 0 spiro atoms. The van der Waals surface area contributed by atoms with Gasteiger partial charge < -0.3 is 37.9 Å². The van der Waals surface area contributed by atoms with Gasteiger partial charge in [0.05, 0.1) is 62.6 Å². The largest absolute Gasteiger partial charge is 0.493 e. The highest BCUT2D eigenvalue weighted by molar-refractivity contribution is 5.88. The Morgan fingerprint density at radius 1 is 0.718 bits per heavy atom. The van der Waals surface area contributed by atoms with Crippen LogP contribution in [0.1, 0.15) is 37.8 Å². The van der Waals surface area contributed by atoms with E-state index >= 15 is 0 Å². The van der Waals surface area contributed by atoms with Gasteiger partial charge in [0, 0.05) is 23.5 Å². The molecule has 2 aromatic rings. The van der Waals surface area contributed by atoms with Crippen LogP contribution in [-0.2, 0) is 31.9 Å². The lowest BCUT2D eigenvalue weighted by atomic mass is 9.74. The van der Waals surface area contributed by atoms with Crippen LogP contribution < -0.4 is 28.4 Å². The molecule has 0 fully saturated rings. The lowest BCUT2D eigenvalue weighted by molar-refractivity contribution is -0.165. The molecule has 10 heteroatoms. The Bertz CT molecular complexity index is 1220. The Balaban J connectivity index is 2.33. The van der Waals surface area contributed by atoms with E-state index in [9.17, 15) is 9.59 Å². The van der Waals surface area contributed by atoms with Crippen molar-refractivity contribution in [3.05, 3.63) is 23.3 Å². The quantitative estimate of drug-likeness (QED) is 0.398. The molecule has 0 unspecified atom stereocenters. The summed E-state index contributed by atoms with van der Waals surface area (Å²) in [7, 11) is 10.6. The first-order valence-electron chi connectivity index (χ1n) is 12.5. The van der Waals surface area contributed by atoms with Gasteiger partial charge in [0.1, 0.15) is 5.60 Å². The van der Waals surface area contributed by atoms with E-state index in [2.05, 4.69) is 4.74 Å². The fraction of sp³-hybridized carbons (Fsp3) is 0.517. The molecular weight excluding hydrogens is 508 g/mol. The van der Waals surface area contributed by atoms with Crippen LogP contribution in [-0.4, -0.2) is 67.3 Å². The number of benzene rings is 2. The van der Waals surface area contributed by atoms with Crippen molar-refractivity contribution in [1.82, 2.24) is 0 Å². The summed E-state index contributed by atoms with van der Waals surface area (Å²) in [6.45, 7) is 3.91. The summed E-state index contributed by atoms with van der Waals surface area (Å²) >= 11 is 0. The van der Waals surface area contributed by atoms with Gasteiger partial charge in [-0.2, -0.15) is 0 Å². The summed E-state index contributed by atoms with van der Waals surface area (Å²) in [5, 5.41) is 0. The van der Waals surface area contributed by atoms with Crippen molar-refractivity contribution in [3.63, 3.8) is 0 Å². The van der Waals surface area contributed by atoms with E-state index in [1.165, 1.54) is 14.2 Å². The SMILES string of the molecule is COC(=O)CCC(=O)O[C@@]1(C)Cc2cc(OC)c(OC)c(OC)c2-c2c(cc(OC)c(OC)c2OC)C[C@@H]1C. The molecule has 2 aromatic carbocycles. The van der Waals surface area contributed by atoms with Crippen molar-refractivity contribution in [2.45, 2.75) is 45.1 Å². The number of methoxy groups -OCH3 is 7. The van der Waals surface area contributed by atoms with Gasteiger partial charge in [-0.3, -0.25) is 9.59 Å². The Labute approximate surface area is 229 Å². The van der Waals surface area contributed by atoms with Crippen LogP contribution >= 0.6 is 0 Å². The number of esters is 2. The summed E-state index contributed by atoms with van der Waals surface area (Å²) < 4.78 is 45.3. The van der Waals surface area contributed by atoms with Gasteiger partial charge in [-0.25, -0.2) is 0 Å². The smallest absolute Gasteiger partial charge is 0.306 e. The van der Waals surface area contributed by atoms with Crippen LogP contribution in [0.4, 0.5) is 0 Å². The van der Waals surface area contributed by atoms with Crippen molar-refractivity contribution in [1.29, 1.82) is 0 Å². The van der Waals surface area contributed by atoms with E-state index in [0.29, 0.717) is 52.9 Å². The number of fused-ring (bicyclic) bond motifs is 3. The molecule has 39 heavy (non-hydrogen) atoms. The summed E-state index contributed by atoms with van der Waals surface area (Å²) in [6.07, 6.45) is 0.670. The lowest BCUT2D eigenvalue weighted by Gasteiger charge is -2.39. The fourth-order valence-corrected chi connectivity index (χ4v) is 5.11. The highest BCUT2D eigenvalue weighted by Crippen LogP contribution is 2.56. The minimum atomic E-state index is -0.954. The van der Waals surface area contributed by atoms with Gasteiger partial charge in [-0.1, -0.05) is 6.92 Å². The maximum atomic E-state index is 12.9. The second kappa shape index (κ2) is 12.4. The zero-order valence-corrected chi connectivity index (χ0v) is 24.1. The summed E-state index contributed by atoms with van der Waals surface area (Å²) in [6, 6.07) is 3.76. The predicted molar refractivity (Wildman–Crippen MR) is 144 cm³/mol. The van der Waals surface area contributed by atoms with E-state index in [1.807, 2.05) is 26.0 Å². The van der Waals surface area contributed by atoms with E-state index in [0.717, 1.165) is 16.7 Å². The highest BCUT2D eigenvalue weighted by Gasteiger charge is 2.41. The minimum absolute atomic E-state index is 0.0632. The fourth-order valence-electron chi connectivity index (χ4n) is 5.11. The third kappa shape index (κ3) is 5.65. The maximum Gasteiger partial charge on any atom is 0.306 e. The molecule has 10 nitrogen and oxygen atoms in total. The third-order valence-electron chi connectivity index (χ3n) is 7.29. The van der Waals surface area contributed by atoms with E-state index in [1.54, 1.807) is 35.5 Å². The topological polar surface area (TPSA) is 108 Å². The predicted octanol–water partition coefficient (Wildman–Crippen LogP) is 4.40. The Morgan fingerprint density at radius 3 is 1.64 bits per heavy atom. The Hall–Kier alpha value is -3.82. The van der Waals surface area contributed by atoms with Crippen molar-refractivity contribution in [3.8, 4) is 45.6 Å². The van der Waals surface area contributed by atoms with Crippen LogP contribution in [0.25, 0.3) is 11.1 Å². The molecule has 3 rings (SSSR count). The van der Waals surface area contributed by atoms with Gasteiger partial charge in [-0.15, -0.1) is 0 Å². The first kappa shape index (κ1) is 29.7. The summed E-state index contributed by atoms with van der Waals surface area (Å²) in [5.74, 6) is 1.59. The van der Waals surface area contributed by atoms with Crippen molar-refractivity contribution in [2.24, 2.45) is 5.92 Å². The molecule has 0 amide bonds. The summed E-state index contributed by atoms with van der Waals surface area (Å²) in [4.78, 5) is 24.5. The van der Waals surface area contributed by atoms with Gasteiger partial charge in [0.25, 0.3) is 0 Å². The maximum absolute atomic E-state index is 12.9. The van der Waals surface area contributed by atoms with Gasteiger partial charge >= 0.3 is 11.9 Å². The van der Waals surface area contributed by atoms with Gasteiger partial charge in [0.15, 0.2) is 23.0 Å². The highest BCUT2D eigenvalue weighted by atomic mass is 16.6. The third-order valence-corrected chi connectivity index (χ3v) is 7.29. The second-order valence-electron chi connectivity index (χ2n) is 9.50. The minimum Gasteiger partial charge on any atom is -0.493 e. The van der Waals surface area contributed by atoms with Crippen molar-refractivity contribution >= 4 is 11.9 Å². The Kier molecular flexibility index (Phi) is 9.42. The zero-order chi connectivity index (χ0) is 28.9. The molecular formula is C29H38O10. The number of ether oxygens (including phenoxy) is 8. The normalized spacial score (nSPS) is 17.9.